The molecule has 0 N–H and O–H groups in total. The van der Waals surface area contributed by atoms with E-state index in [1.54, 1.807) is 367 Å². The van der Waals surface area contributed by atoms with Gasteiger partial charge in [-0.2, -0.15) is 0 Å². The lowest BCUT2D eigenvalue weighted by Crippen LogP contribution is -2.45. The minimum absolute atomic E-state index is 0.418. The van der Waals surface area contributed by atoms with Crippen molar-refractivity contribution in [3.8, 4) is 0 Å². The summed E-state index contributed by atoms with van der Waals surface area (Å²) in [5.74, 6) is 0. The molecule has 0 radical (unpaired) electrons. The maximum Gasteiger partial charge on any atom is 0.0523 e. The molecule has 0 spiro atoms. The number of halogens is 2. The summed E-state index contributed by atoms with van der Waals surface area (Å²) < 4.78 is 2.38. The van der Waals surface area contributed by atoms with Gasteiger partial charge in [0.05, 0.1) is 10.8 Å². The first-order valence-electron chi connectivity index (χ1n) is 31.7. The second kappa shape index (κ2) is 8.04. The van der Waals surface area contributed by atoms with Gasteiger partial charge in [-0.15, -0.1) is 0 Å². The van der Waals surface area contributed by atoms with E-state index < -0.39 is 10.8 Å². The molecule has 0 unspecified atom stereocenters. The number of hydrogen-bond acceptors (Lipinski definition) is 0. The predicted octanol–water partition coefficient (Wildman–Crippen LogP) is 23.9. The Balaban J connectivity index is 1.07. The molecule has 0 fully saturated rings. The molecule has 5 aliphatic rings. The molecule has 362 valence electrons. The molecule has 0 saturated heterocycles. The minimum atomic E-state index is -0.434. The largest absolute Gasteiger partial charge is 0.0609 e. The van der Waals surface area contributed by atoms with E-state index in [1.807, 2.05) is 0 Å². The highest BCUT2D eigenvalue weighted by Crippen LogP contribution is 2.85. The standard InChI is InChI=1S/C84H12Br2/c85-13-5-1-3-11(7-13)9-83-77-69-60-49-41-29-22-16-15-18-23-26(22)37-39-30(23)33-31-24(18)25-19(15)21-20-17(16)27(29)34-36-28(20)35-32(21)40-38(25)44-42(31)51-53-45(33)52-50(39)62(58(60)43(37)41)73(77)75-64(52)65(53)76-74-63(51)59(44)61-54(40)57-48(35)56-47(36)55(46(34)49)66(69)71-68(56)72-67(57)70(61)78(74)84(80(72)79(71)83,82(76)81(75)83)10-12-4-2-6-14(86)8-12/h1-8H,9-10H2/t83-,84+/m1/s1. The van der Waals surface area contributed by atoms with Crippen LogP contribution in [0.3, 0.4) is 0 Å². The molecule has 86 heavy (non-hydrogen) atoms. The molecular formula is C84H12Br2. The Morgan fingerprint density at radius 1 is 0.174 bits per heavy atom. The van der Waals surface area contributed by atoms with Crippen LogP contribution in [0.1, 0.15) is 44.5 Å². The van der Waals surface area contributed by atoms with Crippen LogP contribution in [0, 0.1) is 0 Å². The van der Waals surface area contributed by atoms with E-state index in [0.29, 0.717) is 0 Å². The maximum absolute atomic E-state index is 4.16. The Labute approximate surface area is 487 Å². The summed E-state index contributed by atoms with van der Waals surface area (Å²) >= 11 is 8.30. The van der Waals surface area contributed by atoms with Gasteiger partial charge in [0, 0.05) is 8.95 Å². The van der Waals surface area contributed by atoms with Gasteiger partial charge in [0.1, 0.15) is 0 Å². The average molecular weight is 1180 g/mol. The van der Waals surface area contributed by atoms with Gasteiger partial charge < -0.3 is 0 Å². The second-order valence-corrected chi connectivity index (χ2v) is 32.8. The van der Waals surface area contributed by atoms with Crippen LogP contribution in [0.5, 0.6) is 0 Å². The van der Waals surface area contributed by atoms with E-state index in [0.717, 1.165) is 12.8 Å². The molecule has 0 heterocycles. The fourth-order valence-electron chi connectivity index (χ4n) is 29.7. The molecule has 5 aliphatic carbocycles. The molecule has 0 bridgehead atoms. The van der Waals surface area contributed by atoms with Gasteiger partial charge in [-0.25, -0.2) is 0 Å². The van der Waals surface area contributed by atoms with Gasteiger partial charge in [0.2, 0.25) is 0 Å². The third-order valence-electron chi connectivity index (χ3n) is 30.0. The predicted molar refractivity (Wildman–Crippen MR) is 371 cm³/mol. The molecule has 2 atom stereocenters. The van der Waals surface area contributed by atoms with Crippen molar-refractivity contribution in [2.45, 2.75) is 23.7 Å². The van der Waals surface area contributed by atoms with Crippen molar-refractivity contribution in [2.75, 3.05) is 0 Å². The minimum Gasteiger partial charge on any atom is -0.0609 e. The molecule has 34 aromatic rings. The molecule has 34 aromatic carbocycles. The SMILES string of the molecule is Brc1cccc(C[C@@]23c4c5c6c7c4c4c8c2c2c9c3c3c%10c%11c(c%12c6c6c%13c7c7c4c4c8c8c2c2c%14c9c%10c9c%10c%11c%11c%12c%12c6c6c%13c%13c7c7c4c4c8c2c2c(c9%14)c8c%10c9c%11c%12c%10c6c6c%13c7c7c4c2c2c8c9c%10c6c72)[C@]53Cc2cccc(Br)c2)c1. The summed E-state index contributed by atoms with van der Waals surface area (Å²) in [5.41, 5.74) is 12.4. The maximum atomic E-state index is 4.16. The molecule has 0 saturated carbocycles. The van der Waals surface area contributed by atoms with Gasteiger partial charge >= 0.3 is 0 Å². The zero-order chi connectivity index (χ0) is 51.6. The molecule has 0 aromatic heterocycles. The van der Waals surface area contributed by atoms with Crippen molar-refractivity contribution >= 4 is 366 Å². The lowest BCUT2D eigenvalue weighted by atomic mass is 9.51. The summed E-state index contributed by atoms with van der Waals surface area (Å²) in [6.45, 7) is 0. The van der Waals surface area contributed by atoms with Crippen molar-refractivity contribution in [3.63, 3.8) is 0 Å². The molecule has 0 amide bonds. The van der Waals surface area contributed by atoms with E-state index >= 15 is 0 Å². The summed E-state index contributed by atoms with van der Waals surface area (Å²) in [6.07, 6.45) is 1.90. The van der Waals surface area contributed by atoms with Crippen LogP contribution >= 0.6 is 31.9 Å². The number of benzene rings is 24. The van der Waals surface area contributed by atoms with E-state index in [4.69, 9.17) is 0 Å². The van der Waals surface area contributed by atoms with Gasteiger partial charge in [-0.05, 0) is 416 Å². The third-order valence-corrected chi connectivity index (χ3v) is 31.0. The molecule has 0 aliphatic heterocycles. The average Bonchev–Trinajstić information content (AvgIpc) is 1.40. The van der Waals surface area contributed by atoms with Gasteiger partial charge in [0.25, 0.3) is 0 Å². The third kappa shape index (κ3) is 1.97. The van der Waals surface area contributed by atoms with E-state index in [2.05, 4.69) is 80.4 Å². The van der Waals surface area contributed by atoms with Crippen molar-refractivity contribution in [2.24, 2.45) is 0 Å². The summed E-state index contributed by atoms with van der Waals surface area (Å²) in [5, 5.41) is 103. The first-order chi connectivity index (χ1) is 42.7. The molecule has 39 rings (SSSR count). The number of hydrogen-bond donors (Lipinski definition) is 0. The van der Waals surface area contributed by atoms with Crippen LogP contribution in [-0.2, 0) is 23.7 Å². The summed E-state index contributed by atoms with van der Waals surface area (Å²) in [7, 11) is 0. The first-order valence-corrected chi connectivity index (χ1v) is 33.3. The quantitative estimate of drug-likeness (QED) is 0.122. The van der Waals surface area contributed by atoms with E-state index in [9.17, 15) is 0 Å². The highest BCUT2D eigenvalue weighted by molar-refractivity contribution is 9.10. The highest BCUT2D eigenvalue weighted by atomic mass is 79.9. The fourth-order valence-corrected chi connectivity index (χ4v) is 30.6. The second-order valence-electron chi connectivity index (χ2n) is 30.9. The van der Waals surface area contributed by atoms with Gasteiger partial charge in [0.15, 0.2) is 0 Å². The van der Waals surface area contributed by atoms with Crippen LogP contribution in [0.15, 0.2) is 57.5 Å². The van der Waals surface area contributed by atoms with Gasteiger partial charge in [-0.3, -0.25) is 0 Å². The van der Waals surface area contributed by atoms with Crippen molar-refractivity contribution in [1.29, 1.82) is 0 Å². The molecule has 2 heteroatoms. The van der Waals surface area contributed by atoms with Crippen LogP contribution in [0.2, 0.25) is 0 Å². The van der Waals surface area contributed by atoms with Crippen LogP contribution in [0.25, 0.3) is 334 Å². The zero-order valence-electron chi connectivity index (χ0n) is 43.8. The van der Waals surface area contributed by atoms with E-state index in [-0.39, 0.29) is 0 Å². The normalized spacial score (nSPS) is 20.6. The Bertz CT molecular complexity index is 9410. The van der Waals surface area contributed by atoms with Crippen LogP contribution < -0.4 is 0 Å². The lowest BCUT2D eigenvalue weighted by molar-refractivity contribution is 0.538. The van der Waals surface area contributed by atoms with Crippen LogP contribution in [0.4, 0.5) is 0 Å². The van der Waals surface area contributed by atoms with Gasteiger partial charge in [-0.1, -0.05) is 56.1 Å². The smallest absolute Gasteiger partial charge is 0.0523 e. The Hall–Kier alpha value is -9.44. The molecule has 0 nitrogen and oxygen atoms in total. The van der Waals surface area contributed by atoms with Crippen molar-refractivity contribution in [3.05, 3.63) is 102 Å². The fraction of sp³-hybridized carbons (Fsp3) is 0.0476. The first kappa shape index (κ1) is 33.9. The lowest BCUT2D eigenvalue weighted by Gasteiger charge is -2.49. The summed E-state index contributed by atoms with van der Waals surface area (Å²) in [6, 6.07) is 19.4. The monoisotopic (exact) mass is 1180 g/mol. The zero-order valence-corrected chi connectivity index (χ0v) is 47.0. The summed E-state index contributed by atoms with van der Waals surface area (Å²) in [4.78, 5) is 0. The topological polar surface area (TPSA) is 0 Å². The number of rotatable bonds is 4. The van der Waals surface area contributed by atoms with E-state index in [1.165, 1.54) is 20.1 Å². The van der Waals surface area contributed by atoms with Crippen molar-refractivity contribution < 1.29 is 0 Å². The Morgan fingerprint density at radius 2 is 0.314 bits per heavy atom. The Kier molecular flexibility index (Phi) is 3.17. The van der Waals surface area contributed by atoms with Crippen LogP contribution in [-0.4, -0.2) is 0 Å². The molecular weight excluding hydrogens is 1170 g/mol. The van der Waals surface area contributed by atoms with Crippen molar-refractivity contribution in [1.82, 2.24) is 0 Å². The highest BCUT2D eigenvalue weighted by Gasteiger charge is 2.66. The Morgan fingerprint density at radius 3 is 0.500 bits per heavy atom.